The lowest BCUT2D eigenvalue weighted by molar-refractivity contribution is -0.385. The summed E-state index contributed by atoms with van der Waals surface area (Å²) in [5.74, 6) is -0.407. The van der Waals surface area contributed by atoms with E-state index in [9.17, 15) is 14.9 Å². The first-order valence-electron chi connectivity index (χ1n) is 4.89. The Morgan fingerprint density at radius 3 is 2.59 bits per heavy atom. The van der Waals surface area contributed by atoms with Crippen LogP contribution in [-0.2, 0) is 21.3 Å². The molecule has 0 atom stereocenters. The summed E-state index contributed by atoms with van der Waals surface area (Å²) in [6.07, 6.45) is 0.0466. The molecule has 0 aliphatic heterocycles. The average Bonchev–Trinajstić information content (AvgIpc) is 2.30. The van der Waals surface area contributed by atoms with E-state index >= 15 is 0 Å². The number of hydrogen-bond acceptors (Lipinski definition) is 4. The molecule has 0 aliphatic rings. The fraction of sp³-hybridized carbons (Fsp3) is 0.364. The van der Waals surface area contributed by atoms with Crippen LogP contribution in [0.2, 0.25) is 0 Å². The summed E-state index contributed by atoms with van der Waals surface area (Å²) >= 11 is 3.22. The Bertz CT molecular complexity index is 459. The predicted octanol–water partition coefficient (Wildman–Crippen LogP) is 2.51. The van der Waals surface area contributed by atoms with E-state index in [2.05, 4.69) is 20.7 Å². The smallest absolute Gasteiger partial charge is 0.310 e. The van der Waals surface area contributed by atoms with Crippen LogP contribution in [0.1, 0.15) is 16.7 Å². The maximum Gasteiger partial charge on any atom is 0.310 e. The van der Waals surface area contributed by atoms with Crippen LogP contribution in [0.25, 0.3) is 0 Å². The normalized spacial score (nSPS) is 10.1. The molecule has 0 aromatic heterocycles. The monoisotopic (exact) mass is 301 g/mol. The fourth-order valence-electron chi connectivity index (χ4n) is 1.58. The van der Waals surface area contributed by atoms with Crippen molar-refractivity contribution < 1.29 is 14.5 Å². The van der Waals surface area contributed by atoms with Crippen molar-refractivity contribution in [3.63, 3.8) is 0 Å². The second-order valence-corrected chi connectivity index (χ2v) is 4.06. The Hall–Kier alpha value is -1.43. The quantitative estimate of drug-likeness (QED) is 0.371. The number of methoxy groups -OCH3 is 1. The van der Waals surface area contributed by atoms with Crippen LogP contribution >= 0.6 is 15.9 Å². The molecule has 1 aromatic rings. The molecule has 1 rings (SSSR count). The summed E-state index contributed by atoms with van der Waals surface area (Å²) in [7, 11) is 1.29. The second-order valence-electron chi connectivity index (χ2n) is 3.50. The highest BCUT2D eigenvalue weighted by atomic mass is 79.9. The second kappa shape index (κ2) is 5.77. The Morgan fingerprint density at radius 1 is 1.47 bits per heavy atom. The Labute approximate surface area is 107 Å². The van der Waals surface area contributed by atoms with Gasteiger partial charge in [0.05, 0.1) is 18.5 Å². The van der Waals surface area contributed by atoms with E-state index in [1.165, 1.54) is 13.2 Å². The van der Waals surface area contributed by atoms with Crippen molar-refractivity contribution in [1.82, 2.24) is 0 Å². The molecule has 1 aromatic carbocycles. The molecule has 0 saturated carbocycles. The molecule has 0 unspecified atom stereocenters. The van der Waals surface area contributed by atoms with Gasteiger partial charge in [0.25, 0.3) is 5.69 Å². The van der Waals surface area contributed by atoms with Crippen LogP contribution in [0.3, 0.4) is 0 Å². The minimum atomic E-state index is -0.448. The third kappa shape index (κ3) is 3.03. The lowest BCUT2D eigenvalue weighted by atomic mass is 9.98. The van der Waals surface area contributed by atoms with Crippen LogP contribution in [0, 0.1) is 17.0 Å². The SMILES string of the molecule is COC(=O)Cc1c(C)ccc([N+](=O)[O-])c1CBr. The van der Waals surface area contributed by atoms with E-state index in [0.29, 0.717) is 16.5 Å². The molecule has 6 heteroatoms. The molecular formula is C11H12BrNO4. The molecule has 0 N–H and O–H groups in total. The summed E-state index contributed by atoms with van der Waals surface area (Å²) < 4.78 is 4.58. The highest BCUT2D eigenvalue weighted by molar-refractivity contribution is 9.08. The van der Waals surface area contributed by atoms with Crippen LogP contribution in [0.5, 0.6) is 0 Å². The third-order valence-electron chi connectivity index (χ3n) is 2.52. The first kappa shape index (κ1) is 13.6. The molecule has 0 amide bonds. The van der Waals surface area contributed by atoms with Crippen LogP contribution in [0.15, 0.2) is 12.1 Å². The first-order chi connectivity index (χ1) is 8.01. The zero-order valence-electron chi connectivity index (χ0n) is 9.53. The van der Waals surface area contributed by atoms with E-state index < -0.39 is 10.9 Å². The average molecular weight is 302 g/mol. The fourth-order valence-corrected chi connectivity index (χ4v) is 2.21. The zero-order valence-corrected chi connectivity index (χ0v) is 11.1. The number of hydrogen-bond donors (Lipinski definition) is 0. The van der Waals surface area contributed by atoms with Crippen LogP contribution < -0.4 is 0 Å². The number of nitrogens with zero attached hydrogens (tertiary/aromatic N) is 1. The summed E-state index contributed by atoms with van der Waals surface area (Å²) in [5, 5.41) is 11.2. The highest BCUT2D eigenvalue weighted by Crippen LogP contribution is 2.28. The molecule has 0 fully saturated rings. The topological polar surface area (TPSA) is 69.4 Å². The zero-order chi connectivity index (χ0) is 13.0. The van der Waals surface area contributed by atoms with E-state index in [0.717, 1.165) is 5.56 Å². The number of rotatable bonds is 4. The van der Waals surface area contributed by atoms with Gasteiger partial charge < -0.3 is 4.74 Å². The number of aryl methyl sites for hydroxylation is 1. The van der Waals surface area contributed by atoms with Gasteiger partial charge in [0, 0.05) is 17.0 Å². The lowest BCUT2D eigenvalue weighted by Gasteiger charge is -2.10. The minimum absolute atomic E-state index is 0.0198. The van der Waals surface area contributed by atoms with Gasteiger partial charge >= 0.3 is 5.97 Å². The van der Waals surface area contributed by atoms with Crippen molar-refractivity contribution in [2.45, 2.75) is 18.7 Å². The van der Waals surface area contributed by atoms with Crippen LogP contribution in [-0.4, -0.2) is 18.0 Å². The standard InChI is InChI=1S/C11H12BrNO4/c1-7-3-4-10(13(15)16)9(6-12)8(7)5-11(14)17-2/h3-4H,5-6H2,1-2H3. The Morgan fingerprint density at radius 2 is 2.12 bits per heavy atom. The first-order valence-corrected chi connectivity index (χ1v) is 6.02. The van der Waals surface area contributed by atoms with Crippen molar-refractivity contribution in [3.8, 4) is 0 Å². The van der Waals surface area contributed by atoms with Crippen molar-refractivity contribution in [2.24, 2.45) is 0 Å². The van der Waals surface area contributed by atoms with Gasteiger partial charge in [-0.25, -0.2) is 0 Å². The van der Waals surface area contributed by atoms with Gasteiger partial charge in [-0.05, 0) is 18.1 Å². The van der Waals surface area contributed by atoms with Gasteiger partial charge in [-0.3, -0.25) is 14.9 Å². The molecule has 17 heavy (non-hydrogen) atoms. The maximum absolute atomic E-state index is 11.3. The van der Waals surface area contributed by atoms with Crippen molar-refractivity contribution >= 4 is 27.6 Å². The Kier molecular flexibility index (Phi) is 4.62. The largest absolute Gasteiger partial charge is 0.469 e. The van der Waals surface area contributed by atoms with Crippen LogP contribution in [0.4, 0.5) is 5.69 Å². The summed E-state index contributed by atoms with van der Waals surface area (Å²) in [6.45, 7) is 1.81. The van der Waals surface area contributed by atoms with E-state index in [1.807, 2.05) is 6.92 Å². The van der Waals surface area contributed by atoms with E-state index in [4.69, 9.17) is 0 Å². The van der Waals surface area contributed by atoms with Gasteiger partial charge in [-0.2, -0.15) is 0 Å². The Balaban J connectivity index is 3.30. The molecule has 5 nitrogen and oxygen atoms in total. The van der Waals surface area contributed by atoms with Crippen molar-refractivity contribution in [2.75, 3.05) is 7.11 Å². The number of carbonyl (C=O) groups excluding carboxylic acids is 1. The third-order valence-corrected chi connectivity index (χ3v) is 3.08. The number of nitro benzene ring substituents is 1. The molecule has 0 aliphatic carbocycles. The van der Waals surface area contributed by atoms with Gasteiger partial charge in [0.2, 0.25) is 0 Å². The molecule has 0 radical (unpaired) electrons. The van der Waals surface area contributed by atoms with Gasteiger partial charge in [0.15, 0.2) is 0 Å². The lowest BCUT2D eigenvalue weighted by Crippen LogP contribution is -2.09. The summed E-state index contributed by atoms with van der Waals surface area (Å²) in [5.41, 5.74) is 2.05. The highest BCUT2D eigenvalue weighted by Gasteiger charge is 2.20. The number of halogens is 1. The van der Waals surface area contributed by atoms with Gasteiger partial charge in [-0.15, -0.1) is 0 Å². The van der Waals surface area contributed by atoms with Crippen molar-refractivity contribution in [1.29, 1.82) is 0 Å². The van der Waals surface area contributed by atoms with Crippen molar-refractivity contribution in [3.05, 3.63) is 38.9 Å². The summed E-state index contributed by atoms with van der Waals surface area (Å²) in [4.78, 5) is 21.7. The number of benzene rings is 1. The number of ether oxygens (including phenoxy) is 1. The molecule has 0 bridgehead atoms. The molecule has 0 heterocycles. The number of nitro groups is 1. The number of carbonyl (C=O) groups is 1. The number of alkyl halides is 1. The predicted molar refractivity (Wildman–Crippen MR) is 66.2 cm³/mol. The number of esters is 1. The summed E-state index contributed by atoms with van der Waals surface area (Å²) in [6, 6.07) is 3.09. The molecule has 92 valence electrons. The van der Waals surface area contributed by atoms with Gasteiger partial charge in [0.1, 0.15) is 0 Å². The van der Waals surface area contributed by atoms with E-state index in [-0.39, 0.29) is 12.1 Å². The molecule has 0 saturated heterocycles. The maximum atomic E-state index is 11.3. The molecule has 0 spiro atoms. The minimum Gasteiger partial charge on any atom is -0.469 e. The molecular weight excluding hydrogens is 290 g/mol. The van der Waals surface area contributed by atoms with Gasteiger partial charge in [-0.1, -0.05) is 22.0 Å². The van der Waals surface area contributed by atoms with E-state index in [1.54, 1.807) is 6.07 Å².